The second-order valence-electron chi connectivity index (χ2n) is 5.12. The molecule has 0 bridgehead atoms. The van der Waals surface area contributed by atoms with Crippen molar-refractivity contribution in [2.24, 2.45) is 0 Å². The topological polar surface area (TPSA) is 12.0 Å². The highest BCUT2D eigenvalue weighted by Gasteiger charge is 2.12. The molecule has 2 aromatic rings. The maximum absolute atomic E-state index is 13.2. The van der Waals surface area contributed by atoms with Crippen LogP contribution in [0.5, 0.6) is 0 Å². The van der Waals surface area contributed by atoms with Crippen molar-refractivity contribution in [1.29, 1.82) is 0 Å². The summed E-state index contributed by atoms with van der Waals surface area (Å²) in [4.78, 5) is 0. The number of halogens is 2. The Morgan fingerprint density at radius 3 is 2.45 bits per heavy atom. The lowest BCUT2D eigenvalue weighted by Crippen LogP contribution is -2.19. The lowest BCUT2D eigenvalue weighted by Gasteiger charge is -2.19. The van der Waals surface area contributed by atoms with Gasteiger partial charge in [0.1, 0.15) is 5.82 Å². The van der Waals surface area contributed by atoms with Gasteiger partial charge in [0.25, 0.3) is 0 Å². The first-order valence-electron chi connectivity index (χ1n) is 6.69. The van der Waals surface area contributed by atoms with Crippen molar-refractivity contribution in [2.45, 2.75) is 26.3 Å². The van der Waals surface area contributed by atoms with Gasteiger partial charge >= 0.3 is 0 Å². The Bertz CT molecular complexity index is 610. The van der Waals surface area contributed by atoms with E-state index in [1.807, 2.05) is 20.0 Å². The maximum atomic E-state index is 13.2. The van der Waals surface area contributed by atoms with Gasteiger partial charge in [0, 0.05) is 10.5 Å². The third kappa shape index (κ3) is 3.47. The van der Waals surface area contributed by atoms with Crippen LogP contribution in [0.3, 0.4) is 0 Å². The van der Waals surface area contributed by atoms with E-state index in [-0.39, 0.29) is 11.9 Å². The second-order valence-corrected chi connectivity index (χ2v) is 5.98. The summed E-state index contributed by atoms with van der Waals surface area (Å²) in [5, 5.41) is 3.34. The fourth-order valence-electron chi connectivity index (χ4n) is 2.32. The average Bonchev–Trinajstić information content (AvgIpc) is 2.41. The van der Waals surface area contributed by atoms with Crippen molar-refractivity contribution < 1.29 is 4.39 Å². The number of rotatable bonds is 4. The van der Waals surface area contributed by atoms with E-state index >= 15 is 0 Å². The zero-order chi connectivity index (χ0) is 14.7. The molecule has 106 valence electrons. The van der Waals surface area contributed by atoms with Crippen LogP contribution >= 0.6 is 15.9 Å². The monoisotopic (exact) mass is 335 g/mol. The standard InChI is InChI=1S/C17H19BrFN/c1-11-4-5-14(9-16(11)18)17(20-3)10-13-6-7-15(19)8-12(13)2/h4-9,17,20H,10H2,1-3H3. The minimum Gasteiger partial charge on any atom is -0.313 e. The lowest BCUT2D eigenvalue weighted by molar-refractivity contribution is 0.586. The van der Waals surface area contributed by atoms with Crippen LogP contribution in [0.4, 0.5) is 4.39 Å². The Morgan fingerprint density at radius 1 is 1.10 bits per heavy atom. The molecule has 0 heterocycles. The summed E-state index contributed by atoms with van der Waals surface area (Å²) in [5.41, 5.74) is 4.62. The number of likely N-dealkylation sites (N-methyl/N-ethyl adjacent to an activating group) is 1. The van der Waals surface area contributed by atoms with Crippen molar-refractivity contribution in [3.8, 4) is 0 Å². The van der Waals surface area contributed by atoms with E-state index in [9.17, 15) is 4.39 Å². The van der Waals surface area contributed by atoms with Gasteiger partial charge in [-0.2, -0.15) is 0 Å². The molecule has 1 unspecified atom stereocenters. The normalized spacial score (nSPS) is 12.4. The molecule has 2 rings (SSSR count). The Kier molecular flexibility index (Phi) is 4.95. The third-order valence-corrected chi connectivity index (χ3v) is 4.53. The maximum Gasteiger partial charge on any atom is 0.123 e. The zero-order valence-corrected chi connectivity index (χ0v) is 13.6. The predicted molar refractivity (Wildman–Crippen MR) is 85.5 cm³/mol. The number of hydrogen-bond acceptors (Lipinski definition) is 1. The first-order chi connectivity index (χ1) is 9.51. The van der Waals surface area contributed by atoms with Crippen LogP contribution in [0.2, 0.25) is 0 Å². The minimum absolute atomic E-state index is 0.176. The van der Waals surface area contributed by atoms with Gasteiger partial charge in [-0.3, -0.25) is 0 Å². The van der Waals surface area contributed by atoms with Crippen LogP contribution in [-0.4, -0.2) is 7.05 Å². The summed E-state index contributed by atoms with van der Waals surface area (Å²) in [7, 11) is 1.96. The molecule has 0 radical (unpaired) electrons. The number of aryl methyl sites for hydroxylation is 2. The van der Waals surface area contributed by atoms with Crippen molar-refractivity contribution >= 4 is 15.9 Å². The highest BCUT2D eigenvalue weighted by molar-refractivity contribution is 9.10. The van der Waals surface area contributed by atoms with Crippen LogP contribution in [0, 0.1) is 19.7 Å². The van der Waals surface area contributed by atoms with E-state index in [1.54, 1.807) is 6.07 Å². The fourth-order valence-corrected chi connectivity index (χ4v) is 2.72. The van der Waals surface area contributed by atoms with E-state index in [4.69, 9.17) is 0 Å². The molecule has 0 amide bonds. The van der Waals surface area contributed by atoms with Crippen LogP contribution in [0.1, 0.15) is 28.3 Å². The Morgan fingerprint density at radius 2 is 1.85 bits per heavy atom. The SMILES string of the molecule is CNC(Cc1ccc(F)cc1C)c1ccc(C)c(Br)c1. The molecule has 1 N–H and O–H groups in total. The van der Waals surface area contributed by atoms with Crippen LogP contribution in [0.25, 0.3) is 0 Å². The fraction of sp³-hybridized carbons (Fsp3) is 0.294. The molecule has 0 saturated carbocycles. The molecular weight excluding hydrogens is 317 g/mol. The van der Waals surface area contributed by atoms with Gasteiger partial charge in [0.15, 0.2) is 0 Å². The molecule has 0 aliphatic carbocycles. The quantitative estimate of drug-likeness (QED) is 0.853. The van der Waals surface area contributed by atoms with E-state index in [2.05, 4.69) is 46.4 Å². The molecule has 1 nitrogen and oxygen atoms in total. The molecule has 0 aromatic heterocycles. The highest BCUT2D eigenvalue weighted by atomic mass is 79.9. The van der Waals surface area contributed by atoms with Gasteiger partial charge in [-0.1, -0.05) is 34.1 Å². The highest BCUT2D eigenvalue weighted by Crippen LogP contribution is 2.25. The lowest BCUT2D eigenvalue weighted by atomic mass is 9.95. The zero-order valence-electron chi connectivity index (χ0n) is 12.0. The van der Waals surface area contributed by atoms with Crippen molar-refractivity contribution in [1.82, 2.24) is 5.32 Å². The van der Waals surface area contributed by atoms with Crippen LogP contribution in [0.15, 0.2) is 40.9 Å². The van der Waals surface area contributed by atoms with Gasteiger partial charge < -0.3 is 5.32 Å². The molecule has 0 saturated heterocycles. The average molecular weight is 336 g/mol. The summed E-state index contributed by atoms with van der Waals surface area (Å²) in [6.45, 7) is 4.03. The van der Waals surface area contributed by atoms with Crippen molar-refractivity contribution in [3.05, 3.63) is 68.9 Å². The van der Waals surface area contributed by atoms with Gasteiger partial charge in [-0.05, 0) is 67.8 Å². The van der Waals surface area contributed by atoms with Gasteiger partial charge in [0.05, 0.1) is 0 Å². The molecular formula is C17H19BrFN. The molecule has 0 aliphatic heterocycles. The Balaban J connectivity index is 2.26. The molecule has 0 fully saturated rings. The second kappa shape index (κ2) is 6.51. The van der Waals surface area contributed by atoms with Crippen molar-refractivity contribution in [3.63, 3.8) is 0 Å². The summed E-state index contributed by atoms with van der Waals surface area (Å²) in [6, 6.07) is 11.6. The van der Waals surface area contributed by atoms with E-state index in [1.165, 1.54) is 22.8 Å². The molecule has 1 atom stereocenters. The minimum atomic E-state index is -0.176. The number of benzene rings is 2. The molecule has 20 heavy (non-hydrogen) atoms. The summed E-state index contributed by atoms with van der Waals surface area (Å²) >= 11 is 3.58. The predicted octanol–water partition coefficient (Wildman–Crippen LogP) is 4.71. The van der Waals surface area contributed by atoms with E-state index in [0.717, 1.165) is 16.5 Å². The van der Waals surface area contributed by atoms with Crippen LogP contribution in [-0.2, 0) is 6.42 Å². The third-order valence-electron chi connectivity index (χ3n) is 3.68. The molecule has 3 heteroatoms. The Labute approximate surface area is 128 Å². The molecule has 0 aliphatic rings. The van der Waals surface area contributed by atoms with Gasteiger partial charge in [-0.15, -0.1) is 0 Å². The largest absolute Gasteiger partial charge is 0.313 e. The smallest absolute Gasteiger partial charge is 0.123 e. The molecule has 0 spiro atoms. The summed E-state index contributed by atoms with van der Waals surface area (Å²) in [5.74, 6) is -0.176. The van der Waals surface area contributed by atoms with Gasteiger partial charge in [-0.25, -0.2) is 4.39 Å². The summed E-state index contributed by atoms with van der Waals surface area (Å²) in [6.07, 6.45) is 0.845. The number of nitrogens with one attached hydrogen (secondary N) is 1. The molecule has 2 aromatic carbocycles. The Hall–Kier alpha value is -1.19. The summed E-state index contributed by atoms with van der Waals surface area (Å²) < 4.78 is 14.3. The van der Waals surface area contributed by atoms with Gasteiger partial charge in [0.2, 0.25) is 0 Å². The van der Waals surface area contributed by atoms with Crippen molar-refractivity contribution in [2.75, 3.05) is 7.05 Å². The van der Waals surface area contributed by atoms with E-state index < -0.39 is 0 Å². The first-order valence-corrected chi connectivity index (χ1v) is 7.49. The number of hydrogen-bond donors (Lipinski definition) is 1. The van der Waals surface area contributed by atoms with Crippen LogP contribution < -0.4 is 5.32 Å². The van der Waals surface area contributed by atoms with E-state index in [0.29, 0.717) is 0 Å². The first kappa shape index (κ1) is 15.2.